The number of carboxylic acid groups (broad SMARTS) is 1. The number of benzene rings is 2. The second-order valence-corrected chi connectivity index (χ2v) is 7.96. The van der Waals surface area contributed by atoms with E-state index in [2.05, 4.69) is 35.9 Å². The van der Waals surface area contributed by atoms with Crippen LogP contribution in [0.5, 0.6) is 0 Å². The number of hydrogen-bond donors (Lipinski definition) is 2. The summed E-state index contributed by atoms with van der Waals surface area (Å²) in [6, 6.07) is 10.8. The van der Waals surface area contributed by atoms with Crippen molar-refractivity contribution in [3.8, 4) is 0 Å². The Bertz CT molecular complexity index is 1150. The molecule has 2 heterocycles. The number of aromatic carboxylic acids is 1. The van der Waals surface area contributed by atoms with Crippen LogP contribution in [0.25, 0.3) is 0 Å². The second kappa shape index (κ2) is 8.38. The molecule has 6 nitrogen and oxygen atoms in total. The van der Waals surface area contributed by atoms with Crippen LogP contribution in [0.15, 0.2) is 42.7 Å². The molecule has 1 aliphatic heterocycles. The molecule has 0 saturated carbocycles. The van der Waals surface area contributed by atoms with E-state index in [1.54, 1.807) is 29.4 Å². The smallest absolute Gasteiger partial charge is 0.336 e. The number of nitrogens with one attached hydrogen (secondary N) is 1. The molecule has 1 aliphatic rings. The van der Waals surface area contributed by atoms with Gasteiger partial charge in [0.05, 0.1) is 23.1 Å². The molecular weight excluding hydrogens is 390 g/mol. The second-order valence-electron chi connectivity index (χ2n) is 7.96. The van der Waals surface area contributed by atoms with E-state index in [-0.39, 0.29) is 23.1 Å². The summed E-state index contributed by atoms with van der Waals surface area (Å²) in [6.45, 7) is 6.57. The number of aromatic amines is 1. The van der Waals surface area contributed by atoms with E-state index in [0.717, 1.165) is 35.4 Å². The molecule has 1 atom stereocenters. The Morgan fingerprint density at radius 2 is 1.97 bits per heavy atom. The van der Waals surface area contributed by atoms with Gasteiger partial charge in [-0.15, -0.1) is 0 Å². The van der Waals surface area contributed by atoms with Crippen molar-refractivity contribution in [3.63, 3.8) is 0 Å². The van der Waals surface area contributed by atoms with Gasteiger partial charge in [-0.2, -0.15) is 0 Å². The normalized spacial score (nSPS) is 15.6. The van der Waals surface area contributed by atoms with Gasteiger partial charge in [0.15, 0.2) is 0 Å². The van der Waals surface area contributed by atoms with E-state index in [9.17, 15) is 14.7 Å². The number of rotatable bonds is 5. The highest BCUT2D eigenvalue weighted by molar-refractivity contribution is 6.05. The van der Waals surface area contributed by atoms with Gasteiger partial charge in [-0.05, 0) is 48.6 Å². The SMILES string of the molecule is CCc1cccc(C2c3nc[nH]c3CCN2C(=O)c2ccc(C)cc2C(=O)O)c1CC. The third-order valence-corrected chi connectivity index (χ3v) is 6.16. The molecule has 0 spiro atoms. The Morgan fingerprint density at radius 1 is 1.16 bits per heavy atom. The Balaban J connectivity index is 1.87. The van der Waals surface area contributed by atoms with Crippen molar-refractivity contribution < 1.29 is 14.7 Å². The zero-order chi connectivity index (χ0) is 22.1. The molecule has 2 aromatic carbocycles. The van der Waals surface area contributed by atoms with Gasteiger partial charge in [-0.1, -0.05) is 43.7 Å². The van der Waals surface area contributed by atoms with Gasteiger partial charge in [-0.3, -0.25) is 4.79 Å². The van der Waals surface area contributed by atoms with Crippen LogP contribution in [0.2, 0.25) is 0 Å². The first kappa shape index (κ1) is 20.8. The van der Waals surface area contributed by atoms with Gasteiger partial charge in [0, 0.05) is 18.7 Å². The number of carboxylic acids is 1. The molecular formula is C25H27N3O3. The van der Waals surface area contributed by atoms with Gasteiger partial charge < -0.3 is 15.0 Å². The largest absolute Gasteiger partial charge is 0.478 e. The maximum absolute atomic E-state index is 13.7. The van der Waals surface area contributed by atoms with Crippen LogP contribution < -0.4 is 0 Å². The average Bonchev–Trinajstić information content (AvgIpc) is 3.26. The Hall–Kier alpha value is -3.41. The third-order valence-electron chi connectivity index (χ3n) is 6.16. The molecule has 31 heavy (non-hydrogen) atoms. The predicted molar refractivity (Wildman–Crippen MR) is 119 cm³/mol. The molecule has 0 radical (unpaired) electrons. The maximum Gasteiger partial charge on any atom is 0.336 e. The molecule has 0 fully saturated rings. The van der Waals surface area contributed by atoms with Gasteiger partial charge in [0.2, 0.25) is 0 Å². The van der Waals surface area contributed by atoms with Crippen molar-refractivity contribution in [3.05, 3.63) is 87.5 Å². The van der Waals surface area contributed by atoms with Crippen molar-refractivity contribution in [1.82, 2.24) is 14.9 Å². The van der Waals surface area contributed by atoms with Crippen molar-refractivity contribution in [2.24, 2.45) is 0 Å². The van der Waals surface area contributed by atoms with Gasteiger partial charge in [0.25, 0.3) is 5.91 Å². The molecule has 3 aromatic rings. The van der Waals surface area contributed by atoms with Crippen LogP contribution in [0.3, 0.4) is 0 Å². The molecule has 6 heteroatoms. The molecule has 1 unspecified atom stereocenters. The molecule has 0 saturated heterocycles. The van der Waals surface area contributed by atoms with Crippen LogP contribution in [-0.4, -0.2) is 38.4 Å². The van der Waals surface area contributed by atoms with Gasteiger partial charge in [0.1, 0.15) is 6.04 Å². The van der Waals surface area contributed by atoms with Crippen molar-refractivity contribution in [1.29, 1.82) is 0 Å². The monoisotopic (exact) mass is 417 g/mol. The number of carbonyl (C=O) groups excluding carboxylic acids is 1. The summed E-state index contributed by atoms with van der Waals surface area (Å²) in [6.07, 6.45) is 4.09. The summed E-state index contributed by atoms with van der Waals surface area (Å²) in [5, 5.41) is 9.71. The lowest BCUT2D eigenvalue weighted by Gasteiger charge is -2.37. The minimum Gasteiger partial charge on any atom is -0.478 e. The van der Waals surface area contributed by atoms with Crippen LogP contribution in [-0.2, 0) is 19.3 Å². The van der Waals surface area contributed by atoms with Crippen LogP contribution in [0.1, 0.15) is 74.2 Å². The van der Waals surface area contributed by atoms with Gasteiger partial charge in [-0.25, -0.2) is 9.78 Å². The zero-order valence-electron chi connectivity index (χ0n) is 18.1. The van der Waals surface area contributed by atoms with Crippen molar-refractivity contribution >= 4 is 11.9 Å². The Morgan fingerprint density at radius 3 is 2.68 bits per heavy atom. The number of amides is 1. The van der Waals surface area contributed by atoms with E-state index < -0.39 is 5.97 Å². The minimum absolute atomic E-state index is 0.0367. The average molecular weight is 418 g/mol. The van der Waals surface area contributed by atoms with E-state index in [1.807, 2.05) is 13.0 Å². The van der Waals surface area contributed by atoms with Gasteiger partial charge >= 0.3 is 5.97 Å². The fraction of sp³-hybridized carbons (Fsp3) is 0.320. The molecule has 2 N–H and O–H groups in total. The highest BCUT2D eigenvalue weighted by Gasteiger charge is 2.36. The quantitative estimate of drug-likeness (QED) is 0.647. The molecule has 160 valence electrons. The minimum atomic E-state index is -1.09. The number of H-pyrrole nitrogens is 1. The lowest BCUT2D eigenvalue weighted by atomic mass is 9.87. The number of carbonyl (C=O) groups is 2. The first-order valence-corrected chi connectivity index (χ1v) is 10.7. The molecule has 4 rings (SSSR count). The fourth-order valence-electron chi connectivity index (χ4n) is 4.66. The predicted octanol–water partition coefficient (Wildman–Crippen LogP) is 4.33. The van der Waals surface area contributed by atoms with Crippen LogP contribution in [0.4, 0.5) is 0 Å². The number of aromatic nitrogens is 2. The molecule has 1 aromatic heterocycles. The molecule has 0 bridgehead atoms. The fourth-order valence-corrected chi connectivity index (χ4v) is 4.66. The van der Waals surface area contributed by atoms with E-state index in [1.165, 1.54) is 11.1 Å². The highest BCUT2D eigenvalue weighted by atomic mass is 16.4. The van der Waals surface area contributed by atoms with Crippen molar-refractivity contribution in [2.45, 2.75) is 46.1 Å². The molecule has 1 amide bonds. The van der Waals surface area contributed by atoms with Crippen LogP contribution in [0, 0.1) is 6.92 Å². The first-order chi connectivity index (χ1) is 15.0. The topological polar surface area (TPSA) is 86.3 Å². The van der Waals surface area contributed by atoms with Crippen LogP contribution >= 0.6 is 0 Å². The number of nitrogens with zero attached hydrogens (tertiary/aromatic N) is 2. The van der Waals surface area contributed by atoms with E-state index in [0.29, 0.717) is 13.0 Å². The Kier molecular flexibility index (Phi) is 5.63. The lowest BCUT2D eigenvalue weighted by Crippen LogP contribution is -2.41. The number of imidazole rings is 1. The summed E-state index contributed by atoms with van der Waals surface area (Å²) in [5.41, 5.74) is 6.48. The van der Waals surface area contributed by atoms with Crippen molar-refractivity contribution in [2.75, 3.05) is 6.54 Å². The lowest BCUT2D eigenvalue weighted by molar-refractivity contribution is 0.0650. The number of aryl methyl sites for hydroxylation is 2. The highest BCUT2D eigenvalue weighted by Crippen LogP contribution is 2.37. The standard InChI is InChI=1S/C25H27N3O3/c1-4-16-7-6-8-18(17(16)5-2)23-22-21(26-14-27-22)11-12-28(23)24(29)19-10-9-15(3)13-20(19)25(30)31/h6-10,13-14,23H,4-5,11-12H2,1-3H3,(H,26,27)(H,30,31). The first-order valence-electron chi connectivity index (χ1n) is 10.7. The number of fused-ring (bicyclic) bond motifs is 1. The maximum atomic E-state index is 13.7. The third kappa shape index (κ3) is 3.63. The summed E-state index contributed by atoms with van der Waals surface area (Å²) < 4.78 is 0. The summed E-state index contributed by atoms with van der Waals surface area (Å²) in [4.78, 5) is 35.2. The Labute approximate surface area is 181 Å². The zero-order valence-corrected chi connectivity index (χ0v) is 18.1. The van der Waals surface area contributed by atoms with E-state index >= 15 is 0 Å². The summed E-state index contributed by atoms with van der Waals surface area (Å²) in [7, 11) is 0. The van der Waals surface area contributed by atoms with E-state index in [4.69, 9.17) is 0 Å². The molecule has 0 aliphatic carbocycles. The number of hydrogen-bond acceptors (Lipinski definition) is 3. The summed E-state index contributed by atoms with van der Waals surface area (Å²) >= 11 is 0. The summed E-state index contributed by atoms with van der Waals surface area (Å²) in [5.74, 6) is -1.37.